The van der Waals surface area contributed by atoms with Crippen molar-refractivity contribution in [1.82, 2.24) is 24.5 Å². The number of hydrogen-bond donors (Lipinski definition) is 1. The average molecular weight is 533 g/mol. The van der Waals surface area contributed by atoms with E-state index in [9.17, 15) is 9.90 Å². The quantitative estimate of drug-likeness (QED) is 0.267. The number of carbonyl (C=O) groups is 1. The fraction of sp³-hybridized carbons (Fsp3) is 0.448. The number of anilines is 1. The van der Waals surface area contributed by atoms with Gasteiger partial charge in [0.2, 0.25) is 0 Å². The van der Waals surface area contributed by atoms with Gasteiger partial charge in [0.05, 0.1) is 33.6 Å². The molecule has 200 valence electrons. The third-order valence-electron chi connectivity index (χ3n) is 7.73. The molecule has 1 aliphatic heterocycles. The van der Waals surface area contributed by atoms with Gasteiger partial charge in [0, 0.05) is 37.3 Å². The number of aromatic nitrogens is 4. The maximum Gasteiger partial charge on any atom is 0.165 e. The van der Waals surface area contributed by atoms with E-state index in [1.165, 1.54) is 0 Å². The molecule has 0 aromatic carbocycles. The van der Waals surface area contributed by atoms with Crippen LogP contribution >= 0.6 is 11.3 Å². The summed E-state index contributed by atoms with van der Waals surface area (Å²) in [5.41, 5.74) is 2.95. The summed E-state index contributed by atoms with van der Waals surface area (Å²) in [7, 11) is 0. The third-order valence-corrected chi connectivity index (χ3v) is 8.62. The minimum atomic E-state index is -0.706. The molecular weight excluding hydrogens is 496 g/mol. The predicted molar refractivity (Wildman–Crippen MR) is 153 cm³/mol. The number of ketones is 1. The summed E-state index contributed by atoms with van der Waals surface area (Å²) >= 11 is 1.64. The van der Waals surface area contributed by atoms with Crippen molar-refractivity contribution in [2.45, 2.75) is 58.6 Å². The highest BCUT2D eigenvalue weighted by Gasteiger charge is 2.40. The van der Waals surface area contributed by atoms with Gasteiger partial charge in [-0.15, -0.1) is 11.3 Å². The van der Waals surface area contributed by atoms with Crippen LogP contribution in [0.15, 0.2) is 48.1 Å². The Labute approximate surface area is 228 Å². The van der Waals surface area contributed by atoms with E-state index in [0.717, 1.165) is 35.6 Å². The first-order valence-corrected chi connectivity index (χ1v) is 14.4. The zero-order valence-electron chi connectivity index (χ0n) is 22.6. The highest BCUT2D eigenvalue weighted by Crippen LogP contribution is 2.33. The first kappa shape index (κ1) is 26.5. The van der Waals surface area contributed by atoms with Gasteiger partial charge in [-0.05, 0) is 62.5 Å². The molecular formula is C29H36N6O2S. The van der Waals surface area contributed by atoms with Crippen LogP contribution in [0.3, 0.4) is 0 Å². The summed E-state index contributed by atoms with van der Waals surface area (Å²) in [6.07, 6.45) is 5.62. The molecule has 1 aliphatic rings. The number of aliphatic hydroxyl groups is 1. The molecule has 0 unspecified atom stereocenters. The summed E-state index contributed by atoms with van der Waals surface area (Å²) in [5.74, 6) is 0.804. The van der Waals surface area contributed by atoms with Crippen molar-refractivity contribution in [3.8, 4) is 21.8 Å². The SMILES string of the molecule is CCN(CC)[C@@H](C)CCC(=O)c1cc(-c2cnn3ccc(-c4cccs4)nc23)nc(N2CC(O)(CC)C2)c1. The molecule has 1 fully saturated rings. The van der Waals surface area contributed by atoms with Gasteiger partial charge in [-0.2, -0.15) is 5.10 Å². The molecule has 4 aromatic heterocycles. The lowest BCUT2D eigenvalue weighted by atomic mass is 9.91. The molecule has 8 nitrogen and oxygen atoms in total. The van der Waals surface area contributed by atoms with Gasteiger partial charge in [-0.3, -0.25) is 4.79 Å². The maximum atomic E-state index is 13.5. The lowest BCUT2D eigenvalue weighted by Crippen LogP contribution is -2.61. The number of Topliss-reactive ketones (excluding diaryl/α,β-unsaturated/α-hetero) is 1. The fourth-order valence-electron chi connectivity index (χ4n) is 5.15. The number of rotatable bonds is 11. The molecule has 0 bridgehead atoms. The van der Waals surface area contributed by atoms with Crippen LogP contribution in [-0.4, -0.2) is 73.2 Å². The van der Waals surface area contributed by atoms with Crippen molar-refractivity contribution in [3.63, 3.8) is 0 Å². The lowest BCUT2D eigenvalue weighted by Gasteiger charge is -2.47. The molecule has 38 heavy (non-hydrogen) atoms. The molecule has 0 saturated carbocycles. The normalized spacial score (nSPS) is 15.7. The lowest BCUT2D eigenvalue weighted by molar-refractivity contribution is 0.00807. The molecule has 9 heteroatoms. The number of thiophene rings is 1. The molecule has 4 aromatic rings. The summed E-state index contributed by atoms with van der Waals surface area (Å²) in [4.78, 5) is 28.8. The van der Waals surface area contributed by atoms with Crippen LogP contribution in [-0.2, 0) is 0 Å². The number of fused-ring (bicyclic) bond motifs is 1. The van der Waals surface area contributed by atoms with E-state index in [-0.39, 0.29) is 5.78 Å². The maximum absolute atomic E-state index is 13.5. The molecule has 5 rings (SSSR count). The van der Waals surface area contributed by atoms with Crippen LogP contribution in [0.1, 0.15) is 57.3 Å². The fourth-order valence-corrected chi connectivity index (χ4v) is 5.85. The Balaban J connectivity index is 1.50. The highest BCUT2D eigenvalue weighted by atomic mass is 32.1. The first-order chi connectivity index (χ1) is 18.3. The Hall–Kier alpha value is -3.14. The van der Waals surface area contributed by atoms with Gasteiger partial charge >= 0.3 is 0 Å². The van der Waals surface area contributed by atoms with Gasteiger partial charge in [0.1, 0.15) is 5.82 Å². The van der Waals surface area contributed by atoms with Gasteiger partial charge in [0.25, 0.3) is 0 Å². The van der Waals surface area contributed by atoms with Crippen LogP contribution < -0.4 is 4.90 Å². The molecule has 0 spiro atoms. The minimum Gasteiger partial charge on any atom is -0.386 e. The van der Waals surface area contributed by atoms with Crippen molar-refractivity contribution in [2.75, 3.05) is 31.1 Å². The van der Waals surface area contributed by atoms with Crippen molar-refractivity contribution >= 4 is 28.6 Å². The van der Waals surface area contributed by atoms with Gasteiger partial charge in [-0.1, -0.05) is 26.8 Å². The van der Waals surface area contributed by atoms with Crippen LogP contribution in [0.25, 0.3) is 27.5 Å². The van der Waals surface area contributed by atoms with Gasteiger partial charge < -0.3 is 14.9 Å². The topological polar surface area (TPSA) is 86.9 Å². The Kier molecular flexibility index (Phi) is 7.61. The summed E-state index contributed by atoms with van der Waals surface area (Å²) in [5, 5.41) is 17.2. The summed E-state index contributed by atoms with van der Waals surface area (Å²) < 4.78 is 1.74. The second kappa shape index (κ2) is 10.9. The third kappa shape index (κ3) is 5.23. The van der Waals surface area contributed by atoms with Crippen molar-refractivity contribution in [3.05, 3.63) is 53.7 Å². The van der Waals surface area contributed by atoms with E-state index in [2.05, 4.69) is 30.8 Å². The van der Waals surface area contributed by atoms with Gasteiger partial charge in [0.15, 0.2) is 11.4 Å². The standard InChI is InChI=1S/C29H36N6O2S/c1-5-29(37)18-34(19-29)27-16-21(25(36)11-10-20(4)33(6-2)7-3)15-24(31-27)22-17-30-35-13-12-23(32-28(22)35)26-9-8-14-38-26/h8-9,12-17,20,37H,5-7,10-11,18-19H2,1-4H3/t20-/m0/s1. The highest BCUT2D eigenvalue weighted by molar-refractivity contribution is 7.13. The van der Waals surface area contributed by atoms with Crippen LogP contribution in [0.4, 0.5) is 5.82 Å². The Morgan fingerprint density at radius 3 is 2.63 bits per heavy atom. The molecule has 5 heterocycles. The monoisotopic (exact) mass is 532 g/mol. The predicted octanol–water partition coefficient (Wildman–Crippen LogP) is 5.17. The smallest absolute Gasteiger partial charge is 0.165 e. The number of carbonyl (C=O) groups excluding carboxylic acids is 1. The number of hydrogen-bond acceptors (Lipinski definition) is 8. The van der Waals surface area contributed by atoms with E-state index < -0.39 is 5.60 Å². The summed E-state index contributed by atoms with van der Waals surface area (Å²) in [6, 6.07) is 10.1. The minimum absolute atomic E-state index is 0.101. The van der Waals surface area contributed by atoms with Crippen molar-refractivity contribution in [2.24, 2.45) is 0 Å². The Morgan fingerprint density at radius 1 is 1.16 bits per heavy atom. The van der Waals surface area contributed by atoms with Crippen molar-refractivity contribution in [1.29, 1.82) is 0 Å². The molecule has 1 N–H and O–H groups in total. The van der Waals surface area contributed by atoms with E-state index in [4.69, 9.17) is 9.97 Å². The van der Waals surface area contributed by atoms with Crippen LogP contribution in [0, 0.1) is 0 Å². The van der Waals surface area contributed by atoms with Crippen LogP contribution in [0.5, 0.6) is 0 Å². The second-order valence-corrected chi connectivity index (χ2v) is 11.1. The van der Waals surface area contributed by atoms with Gasteiger partial charge in [-0.25, -0.2) is 14.5 Å². The van der Waals surface area contributed by atoms with E-state index >= 15 is 0 Å². The van der Waals surface area contributed by atoms with E-state index in [1.54, 1.807) is 22.0 Å². The molecule has 1 saturated heterocycles. The summed E-state index contributed by atoms with van der Waals surface area (Å²) in [6.45, 7) is 11.4. The molecule has 1 atom stereocenters. The zero-order valence-corrected chi connectivity index (χ0v) is 23.4. The van der Waals surface area contributed by atoms with E-state index in [0.29, 0.717) is 54.7 Å². The van der Waals surface area contributed by atoms with E-state index in [1.807, 2.05) is 53.7 Å². The largest absolute Gasteiger partial charge is 0.386 e. The number of β-amino-alcohol motifs (C(OH)–C–C–N with tert-alkyl or cyclic N) is 1. The molecule has 0 amide bonds. The van der Waals surface area contributed by atoms with Crippen molar-refractivity contribution < 1.29 is 9.90 Å². The number of nitrogens with zero attached hydrogens (tertiary/aromatic N) is 6. The van der Waals surface area contributed by atoms with Crippen LogP contribution in [0.2, 0.25) is 0 Å². The number of pyridine rings is 1. The Morgan fingerprint density at radius 2 is 1.95 bits per heavy atom. The second-order valence-electron chi connectivity index (χ2n) is 10.2. The molecule has 0 radical (unpaired) electrons. The zero-order chi connectivity index (χ0) is 26.9. The molecule has 0 aliphatic carbocycles. The Bertz CT molecular complexity index is 1410. The first-order valence-electron chi connectivity index (χ1n) is 13.5. The average Bonchev–Trinajstić information content (AvgIpc) is 3.60.